The number of aromatic nitrogens is 2. The predicted molar refractivity (Wildman–Crippen MR) is 103 cm³/mol. The van der Waals surface area contributed by atoms with Crippen molar-refractivity contribution in [1.29, 1.82) is 5.26 Å². The van der Waals surface area contributed by atoms with Gasteiger partial charge in [-0.2, -0.15) is 10.2 Å². The van der Waals surface area contributed by atoms with Gasteiger partial charge in [-0.15, -0.1) is 11.3 Å². The lowest BCUT2D eigenvalue weighted by atomic mass is 10.1. The zero-order chi connectivity index (χ0) is 19.2. The van der Waals surface area contributed by atoms with Crippen LogP contribution in [-0.4, -0.2) is 27.0 Å². The average molecular weight is 380 g/mol. The molecule has 0 bridgehead atoms. The second-order valence-corrected chi connectivity index (χ2v) is 7.36. The lowest BCUT2D eigenvalue weighted by Gasteiger charge is -2.27. The van der Waals surface area contributed by atoms with Gasteiger partial charge in [-0.25, -0.2) is 0 Å². The molecule has 1 amide bonds. The molecule has 0 N–H and O–H groups in total. The van der Waals surface area contributed by atoms with Crippen LogP contribution in [0.3, 0.4) is 0 Å². The third kappa shape index (κ3) is 4.80. The van der Waals surface area contributed by atoms with Gasteiger partial charge in [0.15, 0.2) is 0 Å². The summed E-state index contributed by atoms with van der Waals surface area (Å²) < 4.78 is 5.27. The van der Waals surface area contributed by atoms with E-state index in [0.717, 1.165) is 10.4 Å². The molecule has 138 valence electrons. The Labute approximate surface area is 162 Å². The predicted octanol–water partition coefficient (Wildman–Crippen LogP) is 4.04. The molecule has 2 heterocycles. The number of thiophene rings is 1. The minimum atomic E-state index is 0.0326. The third-order valence-corrected chi connectivity index (χ3v) is 5.01. The van der Waals surface area contributed by atoms with Crippen LogP contribution in [0.15, 0.2) is 46.3 Å². The van der Waals surface area contributed by atoms with Crippen molar-refractivity contribution in [3.05, 3.63) is 58.8 Å². The van der Waals surface area contributed by atoms with Gasteiger partial charge in [-0.05, 0) is 43.0 Å². The summed E-state index contributed by atoms with van der Waals surface area (Å²) in [6.45, 7) is 4.48. The largest absolute Gasteiger partial charge is 0.339 e. The molecule has 0 fully saturated rings. The van der Waals surface area contributed by atoms with E-state index in [-0.39, 0.29) is 11.9 Å². The Morgan fingerprint density at radius 2 is 2.07 bits per heavy atom. The Bertz CT molecular complexity index is 924. The minimum Gasteiger partial charge on any atom is -0.339 e. The molecule has 3 rings (SSSR count). The van der Waals surface area contributed by atoms with Crippen LogP contribution in [0.2, 0.25) is 0 Å². The first-order chi connectivity index (χ1) is 13.1. The van der Waals surface area contributed by atoms with E-state index in [1.165, 1.54) is 0 Å². The number of rotatable bonds is 7. The molecule has 0 aliphatic rings. The number of amides is 1. The van der Waals surface area contributed by atoms with Gasteiger partial charge in [-0.3, -0.25) is 4.79 Å². The number of nitrogens with zero attached hydrogens (tertiary/aromatic N) is 4. The van der Waals surface area contributed by atoms with E-state index >= 15 is 0 Å². The molecule has 0 saturated heterocycles. The van der Waals surface area contributed by atoms with Crippen LogP contribution < -0.4 is 0 Å². The first-order valence-corrected chi connectivity index (χ1v) is 9.59. The highest BCUT2D eigenvalue weighted by molar-refractivity contribution is 7.13. The lowest BCUT2D eigenvalue weighted by molar-refractivity contribution is -0.133. The van der Waals surface area contributed by atoms with E-state index in [2.05, 4.69) is 16.2 Å². The Morgan fingerprint density at radius 1 is 1.30 bits per heavy atom. The second kappa shape index (κ2) is 8.60. The summed E-state index contributed by atoms with van der Waals surface area (Å²) in [6.07, 6.45) is 0.717. The van der Waals surface area contributed by atoms with Crippen LogP contribution in [0.5, 0.6) is 0 Å². The third-order valence-electron chi connectivity index (χ3n) is 4.14. The zero-order valence-corrected chi connectivity index (χ0v) is 16.1. The number of carbonyl (C=O) groups excluding carboxylic acids is 1. The summed E-state index contributed by atoms with van der Waals surface area (Å²) in [7, 11) is 0. The summed E-state index contributed by atoms with van der Waals surface area (Å²) in [6, 6.07) is 13.3. The van der Waals surface area contributed by atoms with Crippen LogP contribution in [0.4, 0.5) is 0 Å². The molecule has 0 spiro atoms. The maximum absolute atomic E-state index is 12.7. The normalized spacial score (nSPS) is 10.7. The van der Waals surface area contributed by atoms with Crippen LogP contribution in [0.25, 0.3) is 10.7 Å². The van der Waals surface area contributed by atoms with Gasteiger partial charge in [0, 0.05) is 25.4 Å². The van der Waals surface area contributed by atoms with Gasteiger partial charge < -0.3 is 9.42 Å². The van der Waals surface area contributed by atoms with E-state index in [4.69, 9.17) is 9.78 Å². The SMILES string of the molecule is CC(C)N(Cc1ccc(C#N)cc1)C(=O)CCc1nc(-c2cccs2)no1. The first-order valence-electron chi connectivity index (χ1n) is 8.72. The second-order valence-electron chi connectivity index (χ2n) is 6.41. The van der Waals surface area contributed by atoms with E-state index in [1.54, 1.807) is 23.5 Å². The molecule has 3 aromatic rings. The maximum Gasteiger partial charge on any atom is 0.227 e. The molecule has 6 nitrogen and oxygen atoms in total. The summed E-state index contributed by atoms with van der Waals surface area (Å²) >= 11 is 1.55. The van der Waals surface area contributed by atoms with Crippen LogP contribution in [0.1, 0.15) is 37.3 Å². The lowest BCUT2D eigenvalue weighted by Crippen LogP contribution is -2.36. The summed E-state index contributed by atoms with van der Waals surface area (Å²) in [4.78, 5) is 19.8. The molecule has 0 aliphatic carbocycles. The van der Waals surface area contributed by atoms with Crippen LogP contribution >= 0.6 is 11.3 Å². The molecule has 1 aromatic carbocycles. The molecule has 0 saturated carbocycles. The van der Waals surface area contributed by atoms with E-state index in [1.807, 2.05) is 48.4 Å². The van der Waals surface area contributed by atoms with Crippen molar-refractivity contribution >= 4 is 17.2 Å². The molecule has 0 unspecified atom stereocenters. The van der Waals surface area contributed by atoms with Crippen molar-refractivity contribution in [2.75, 3.05) is 0 Å². The molecular weight excluding hydrogens is 360 g/mol. The average Bonchev–Trinajstić information content (AvgIpc) is 3.35. The van der Waals surface area contributed by atoms with Gasteiger partial charge in [0.25, 0.3) is 0 Å². The smallest absolute Gasteiger partial charge is 0.227 e. The number of hydrogen-bond acceptors (Lipinski definition) is 6. The monoisotopic (exact) mass is 380 g/mol. The highest BCUT2D eigenvalue weighted by Crippen LogP contribution is 2.21. The van der Waals surface area contributed by atoms with Crippen molar-refractivity contribution in [2.24, 2.45) is 0 Å². The van der Waals surface area contributed by atoms with Gasteiger partial charge in [-0.1, -0.05) is 23.4 Å². The molecule has 7 heteroatoms. The number of benzene rings is 1. The minimum absolute atomic E-state index is 0.0326. The first kappa shape index (κ1) is 18.8. The van der Waals surface area contributed by atoms with Gasteiger partial charge in [0.2, 0.25) is 17.6 Å². The van der Waals surface area contributed by atoms with Crippen molar-refractivity contribution in [2.45, 2.75) is 39.3 Å². The Balaban J connectivity index is 1.61. The van der Waals surface area contributed by atoms with Crippen LogP contribution in [0, 0.1) is 11.3 Å². The quantitative estimate of drug-likeness (QED) is 0.618. The highest BCUT2D eigenvalue weighted by atomic mass is 32.1. The van der Waals surface area contributed by atoms with E-state index < -0.39 is 0 Å². The molecule has 0 atom stereocenters. The number of hydrogen-bond donors (Lipinski definition) is 0. The fraction of sp³-hybridized carbons (Fsp3) is 0.300. The number of aryl methyl sites for hydroxylation is 1. The summed E-state index contributed by atoms with van der Waals surface area (Å²) in [5.74, 6) is 1.06. The Kier molecular flexibility index (Phi) is 5.99. The number of carbonyl (C=O) groups is 1. The molecule has 0 aliphatic heterocycles. The standard InChI is InChI=1S/C20H20N4O2S/c1-14(2)24(13-16-7-5-15(12-21)6-8-16)19(25)10-9-18-22-20(23-26-18)17-4-3-11-27-17/h3-8,11,14H,9-10,13H2,1-2H3. The van der Waals surface area contributed by atoms with E-state index in [9.17, 15) is 4.79 Å². The molecule has 27 heavy (non-hydrogen) atoms. The van der Waals surface area contributed by atoms with Gasteiger partial charge in [0.1, 0.15) is 0 Å². The van der Waals surface area contributed by atoms with E-state index in [0.29, 0.717) is 36.7 Å². The fourth-order valence-electron chi connectivity index (χ4n) is 2.66. The molecule has 2 aromatic heterocycles. The maximum atomic E-state index is 12.7. The van der Waals surface area contributed by atoms with Crippen molar-refractivity contribution in [3.8, 4) is 16.8 Å². The highest BCUT2D eigenvalue weighted by Gasteiger charge is 2.19. The number of nitriles is 1. The van der Waals surface area contributed by atoms with Crippen molar-refractivity contribution < 1.29 is 9.32 Å². The van der Waals surface area contributed by atoms with Crippen LogP contribution in [-0.2, 0) is 17.8 Å². The fourth-order valence-corrected chi connectivity index (χ4v) is 3.31. The topological polar surface area (TPSA) is 83.0 Å². The molecule has 0 radical (unpaired) electrons. The Hall–Kier alpha value is -2.98. The summed E-state index contributed by atoms with van der Waals surface area (Å²) in [5, 5.41) is 14.8. The molecular formula is C20H20N4O2S. The van der Waals surface area contributed by atoms with Crippen molar-refractivity contribution in [1.82, 2.24) is 15.0 Å². The zero-order valence-electron chi connectivity index (χ0n) is 15.3. The van der Waals surface area contributed by atoms with Crippen molar-refractivity contribution in [3.63, 3.8) is 0 Å². The summed E-state index contributed by atoms with van der Waals surface area (Å²) in [5.41, 5.74) is 1.60. The Morgan fingerprint density at radius 3 is 2.70 bits per heavy atom. The van der Waals surface area contributed by atoms with Gasteiger partial charge in [0.05, 0.1) is 16.5 Å². The van der Waals surface area contributed by atoms with Gasteiger partial charge >= 0.3 is 0 Å².